The molecule has 0 fully saturated rings. The summed E-state index contributed by atoms with van der Waals surface area (Å²) in [6.45, 7) is 0. The van der Waals surface area contributed by atoms with Gasteiger partial charge in [0.15, 0.2) is 34.9 Å². The summed E-state index contributed by atoms with van der Waals surface area (Å²) in [6, 6.07) is 115. The lowest BCUT2D eigenvalue weighted by Gasteiger charge is -2.14. The molecule has 568 valence electrons. The van der Waals surface area contributed by atoms with Crippen LogP contribution in [0.25, 0.3) is 244 Å². The molecule has 6 heterocycles. The van der Waals surface area contributed by atoms with Gasteiger partial charge in [0.2, 0.25) is 0 Å². The molecule has 0 spiro atoms. The van der Waals surface area contributed by atoms with Crippen LogP contribution in [0.1, 0.15) is 13.7 Å². The highest BCUT2D eigenvalue weighted by atomic mass is 16.3. The predicted molar refractivity (Wildman–Crippen MR) is 502 cm³/mol. The first-order valence-corrected chi connectivity index (χ1v) is 40.3. The Morgan fingerprint density at radius 3 is 1.08 bits per heavy atom. The number of hydrogen-bond acceptors (Lipinski definition) is 8. The van der Waals surface area contributed by atoms with E-state index >= 15 is 0 Å². The minimum atomic E-state index is -0.503. The zero-order chi connectivity index (χ0) is 89.0. The van der Waals surface area contributed by atoms with E-state index < -0.39 is 60.4 Å². The quantitative estimate of drug-likeness (QED) is 0.118. The summed E-state index contributed by atoms with van der Waals surface area (Å²) in [5.41, 5.74) is 16.6. The van der Waals surface area contributed by atoms with Crippen LogP contribution in [0.5, 0.6) is 0 Å². The number of aromatic nitrogens is 8. The smallest absolute Gasteiger partial charge is 0.167 e. The summed E-state index contributed by atoms with van der Waals surface area (Å²) in [4.78, 5) is 30.3. The van der Waals surface area contributed by atoms with Gasteiger partial charge < -0.3 is 18.0 Å². The Balaban J connectivity index is 0.000000146. The third-order valence-electron chi connectivity index (χ3n) is 23.4. The van der Waals surface area contributed by atoms with Crippen LogP contribution in [0.2, 0.25) is 0 Å². The lowest BCUT2D eigenvalue weighted by atomic mass is 9.94. The van der Waals surface area contributed by atoms with Gasteiger partial charge in [-0.05, 0) is 149 Å². The molecule has 0 saturated heterocycles. The molecule has 25 aromatic rings. The van der Waals surface area contributed by atoms with E-state index in [1.807, 2.05) is 164 Å². The van der Waals surface area contributed by atoms with E-state index in [0.29, 0.717) is 44.6 Å². The first kappa shape index (κ1) is 60.0. The number of rotatable bonds is 11. The van der Waals surface area contributed by atoms with Crippen molar-refractivity contribution in [2.24, 2.45) is 0 Å². The molecule has 0 saturated carbocycles. The van der Waals surface area contributed by atoms with E-state index in [1.54, 1.807) is 0 Å². The summed E-state index contributed by atoms with van der Waals surface area (Å²) in [6.07, 6.45) is 0. The van der Waals surface area contributed by atoms with Crippen molar-refractivity contribution >= 4 is 131 Å². The number of fused-ring (bicyclic) bond motifs is 18. The van der Waals surface area contributed by atoms with Crippen LogP contribution in [0, 0.1) is 0 Å². The van der Waals surface area contributed by atoms with E-state index in [0.717, 1.165) is 142 Å². The molecule has 0 aliphatic carbocycles. The Hall–Kier alpha value is -16.6. The molecule has 0 aliphatic heterocycles. The molecule has 122 heavy (non-hydrogen) atoms. The van der Waals surface area contributed by atoms with E-state index in [9.17, 15) is 0 Å². The van der Waals surface area contributed by atoms with Crippen LogP contribution < -0.4 is 0 Å². The Bertz CT molecular complexity index is 9030. The summed E-state index contributed by atoms with van der Waals surface area (Å²) in [7, 11) is 0. The number of hydrogen-bond donors (Lipinski definition) is 0. The van der Waals surface area contributed by atoms with Gasteiger partial charge >= 0.3 is 0 Å². The molecular weight excluding hydrogens is 1490 g/mol. The maximum atomic E-state index is 9.12. The fraction of sp³-hybridized carbons (Fsp3) is 0. The van der Waals surface area contributed by atoms with Crippen molar-refractivity contribution in [3.63, 3.8) is 0 Å². The minimum Gasteiger partial charge on any atom is -0.455 e. The van der Waals surface area contributed by atoms with Crippen LogP contribution in [0.15, 0.2) is 421 Å². The molecule has 25 rings (SSSR count). The van der Waals surface area contributed by atoms with Gasteiger partial charge in [-0.2, -0.15) is 0 Å². The zero-order valence-electron chi connectivity index (χ0n) is 74.9. The molecule has 10 heteroatoms. The average Bonchev–Trinajstić information content (AvgIpc) is 1.51. The van der Waals surface area contributed by atoms with Gasteiger partial charge in [0.1, 0.15) is 22.3 Å². The molecule has 6 aromatic heterocycles. The van der Waals surface area contributed by atoms with Gasteiger partial charge in [0.05, 0.1) is 46.9 Å². The van der Waals surface area contributed by atoms with Crippen molar-refractivity contribution in [3.05, 3.63) is 412 Å². The highest BCUT2D eigenvalue weighted by Crippen LogP contribution is 2.48. The fourth-order valence-electron chi connectivity index (χ4n) is 18.0. The number of benzene rings is 19. The second-order valence-corrected chi connectivity index (χ2v) is 30.4. The Kier molecular flexibility index (Phi) is 14.1. The normalized spacial score (nSPS) is 12.9. The molecule has 0 aliphatic rings. The molecular formula is C112H68N8O2. The minimum absolute atomic E-state index is 0.0496. The Morgan fingerprint density at radius 2 is 0.566 bits per heavy atom. The SMILES string of the molecule is [2H]c1c([2H])c([2H])c(-c2nc(-c3cc4ccccc4c4ccccc34)nc(-c3cc(-n4c5ccccc5c5ccccc54)cc4c3oc3cccc(-c5ccc(-c6ccccc6)cc5)c34)n2)c([2H])c1[2H].[2H]c1c([2H])c([2H])c(-c2nc(-c3ccccc3)nc(-c3cc(-n4c5ccccc5c5ccccc54)cc4c3oc3cccc(-c5ccc6ccc7ccccc7c6c5)c34)n2)c([2H])c1[2H]. The standard InChI is InChI=1S/C59H36N4O.C53H32N4O/c1-3-16-37(17-4-1)38-30-32-39(33-31-38)44-26-15-29-54-55(44)50-35-42(63-52-27-13-11-24-47(52)48-25-12-14-28-53(48)63)36-51(56(50)64-54)59-61-57(40-18-5-2-6-19-40)60-58(62-59)49-34-41-20-7-8-21-43(41)45-22-9-10-23-46(45)49;1-3-15-35(16-4-1)51-54-52(36-17-5-2-6-18-36)56-53(55-51)45-32-38(57-46-23-11-9-20-41(46)42-21-10-12-24-47(42)57)31-44-49-40(22-13-25-48(49)58-50(44)45)37-29-28-34-27-26-33-14-7-8-19-39(33)43(34)30-37/h1-36H;1-32H/i2D,5D,6D,18D,19D;1D,3D,4D,15D,16D. The Morgan fingerprint density at radius 1 is 0.205 bits per heavy atom. The van der Waals surface area contributed by atoms with Crippen molar-refractivity contribution in [1.29, 1.82) is 0 Å². The molecule has 19 aromatic carbocycles. The van der Waals surface area contributed by atoms with Gasteiger partial charge in [0, 0.05) is 76.7 Å². The van der Waals surface area contributed by atoms with E-state index in [-0.39, 0.29) is 46.1 Å². The summed E-state index contributed by atoms with van der Waals surface area (Å²) >= 11 is 0. The maximum Gasteiger partial charge on any atom is 0.167 e. The summed E-state index contributed by atoms with van der Waals surface area (Å²) < 4.78 is 106. The molecule has 0 atom stereocenters. The van der Waals surface area contributed by atoms with Crippen LogP contribution in [0.4, 0.5) is 0 Å². The number of nitrogens with zero attached hydrogens (tertiary/aromatic N) is 8. The summed E-state index contributed by atoms with van der Waals surface area (Å²) in [5, 5.41) is 16.4. The maximum absolute atomic E-state index is 9.12. The highest BCUT2D eigenvalue weighted by Gasteiger charge is 2.27. The molecule has 0 amide bonds. The van der Waals surface area contributed by atoms with Gasteiger partial charge in [-0.3, -0.25) is 0 Å². The van der Waals surface area contributed by atoms with Crippen molar-refractivity contribution in [2.45, 2.75) is 0 Å². The predicted octanol–water partition coefficient (Wildman–Crippen LogP) is 29.4. The zero-order valence-corrected chi connectivity index (χ0v) is 64.9. The van der Waals surface area contributed by atoms with Gasteiger partial charge in [-0.15, -0.1) is 0 Å². The summed E-state index contributed by atoms with van der Waals surface area (Å²) in [5.74, 6) is 0.865. The van der Waals surface area contributed by atoms with Crippen molar-refractivity contribution in [1.82, 2.24) is 39.0 Å². The van der Waals surface area contributed by atoms with E-state index in [1.165, 1.54) is 10.8 Å². The monoisotopic (exact) mass is 1570 g/mol. The van der Waals surface area contributed by atoms with Crippen LogP contribution in [-0.2, 0) is 0 Å². The van der Waals surface area contributed by atoms with Gasteiger partial charge in [0.25, 0.3) is 0 Å². The topological polar surface area (TPSA) is 113 Å². The second kappa shape index (κ2) is 28.7. The average molecular weight is 1570 g/mol. The van der Waals surface area contributed by atoms with Gasteiger partial charge in [-0.1, -0.05) is 339 Å². The fourth-order valence-corrected chi connectivity index (χ4v) is 18.0. The van der Waals surface area contributed by atoms with Crippen molar-refractivity contribution in [2.75, 3.05) is 0 Å². The molecule has 0 bridgehead atoms. The van der Waals surface area contributed by atoms with Crippen molar-refractivity contribution < 1.29 is 22.5 Å². The molecule has 10 nitrogen and oxygen atoms in total. The molecule has 0 N–H and O–H groups in total. The van der Waals surface area contributed by atoms with E-state index in [2.05, 4.69) is 197 Å². The first-order valence-electron chi connectivity index (χ1n) is 45.3. The van der Waals surface area contributed by atoms with Crippen molar-refractivity contribution in [3.8, 4) is 113 Å². The Labute approximate surface area is 713 Å². The van der Waals surface area contributed by atoms with Crippen LogP contribution in [-0.4, -0.2) is 39.0 Å². The van der Waals surface area contributed by atoms with Gasteiger partial charge in [-0.25, -0.2) is 29.9 Å². The number of para-hydroxylation sites is 4. The lowest BCUT2D eigenvalue weighted by Crippen LogP contribution is -2.02. The lowest BCUT2D eigenvalue weighted by molar-refractivity contribution is 0.669. The third kappa shape index (κ3) is 11.7. The van der Waals surface area contributed by atoms with Crippen LogP contribution in [0.3, 0.4) is 0 Å². The first-order chi connectivity index (χ1) is 64.6. The molecule has 0 radical (unpaired) electrons. The largest absolute Gasteiger partial charge is 0.455 e. The second-order valence-electron chi connectivity index (χ2n) is 30.4. The van der Waals surface area contributed by atoms with Crippen LogP contribution >= 0.6 is 0 Å². The highest BCUT2D eigenvalue weighted by molar-refractivity contribution is 6.21. The molecule has 0 unspecified atom stereocenters. The third-order valence-corrected chi connectivity index (χ3v) is 23.4. The van der Waals surface area contributed by atoms with E-state index in [4.69, 9.17) is 52.4 Å². The number of furan rings is 2.